The van der Waals surface area contributed by atoms with Gasteiger partial charge in [-0.15, -0.1) is 0 Å². The molecule has 3 heterocycles. The van der Waals surface area contributed by atoms with Crippen molar-refractivity contribution >= 4 is 16.9 Å². The van der Waals surface area contributed by atoms with E-state index in [0.717, 1.165) is 16.6 Å². The molecule has 0 saturated heterocycles. The number of nitrogens with one attached hydrogen (secondary N) is 2. The highest BCUT2D eigenvalue weighted by Crippen LogP contribution is 2.25. The van der Waals surface area contributed by atoms with E-state index in [1.807, 2.05) is 25.3 Å². The molecule has 0 amide bonds. The smallest absolute Gasteiger partial charge is 0.163 e. The highest BCUT2D eigenvalue weighted by atomic mass is 15.0. The molecule has 104 valence electrons. The van der Waals surface area contributed by atoms with E-state index in [1.165, 1.54) is 0 Å². The predicted octanol–water partition coefficient (Wildman–Crippen LogP) is 2.73. The van der Waals surface area contributed by atoms with Crippen LogP contribution in [0.15, 0.2) is 36.8 Å². The van der Waals surface area contributed by atoms with Crippen LogP contribution in [0.25, 0.3) is 22.4 Å². The van der Waals surface area contributed by atoms with Crippen LogP contribution < -0.4 is 5.32 Å². The Balaban J connectivity index is 1.98. The quantitative estimate of drug-likeness (QED) is 0.765. The van der Waals surface area contributed by atoms with Gasteiger partial charge in [-0.3, -0.25) is 0 Å². The number of fused-ring (bicyclic) bond motifs is 1. The van der Waals surface area contributed by atoms with Crippen molar-refractivity contribution in [3.63, 3.8) is 0 Å². The van der Waals surface area contributed by atoms with Crippen molar-refractivity contribution < 1.29 is 0 Å². The number of pyridine rings is 1. The molecule has 0 aliphatic carbocycles. The van der Waals surface area contributed by atoms with Crippen molar-refractivity contribution in [3.05, 3.63) is 36.8 Å². The van der Waals surface area contributed by atoms with Gasteiger partial charge in [-0.25, -0.2) is 15.0 Å². The van der Waals surface area contributed by atoms with Gasteiger partial charge in [0.25, 0.3) is 0 Å². The van der Waals surface area contributed by atoms with Crippen molar-refractivity contribution in [2.24, 2.45) is 0 Å². The summed E-state index contributed by atoms with van der Waals surface area (Å²) in [6.45, 7) is 1.95. The Hall–Kier alpha value is -2.94. The third kappa shape index (κ3) is 2.54. The van der Waals surface area contributed by atoms with Crippen LogP contribution in [0.4, 0.5) is 5.82 Å². The van der Waals surface area contributed by atoms with E-state index in [0.29, 0.717) is 18.1 Å². The Morgan fingerprint density at radius 1 is 1.33 bits per heavy atom. The van der Waals surface area contributed by atoms with Crippen LogP contribution in [0.5, 0.6) is 0 Å². The fraction of sp³-hybridized carbons (Fsp3) is 0.200. The maximum absolute atomic E-state index is 9.01. The number of rotatable bonds is 4. The zero-order chi connectivity index (χ0) is 14.7. The number of anilines is 1. The summed E-state index contributed by atoms with van der Waals surface area (Å²) in [6.07, 6.45) is 5.98. The SMILES string of the molecule is CCC(C#N)Nc1ccnc(-c2c[nH]c3ncccc23)n1. The number of hydrogen-bond acceptors (Lipinski definition) is 5. The monoisotopic (exact) mass is 278 g/mol. The van der Waals surface area contributed by atoms with Gasteiger partial charge in [-0.2, -0.15) is 5.26 Å². The number of nitriles is 1. The van der Waals surface area contributed by atoms with Gasteiger partial charge in [0.15, 0.2) is 5.82 Å². The molecular weight excluding hydrogens is 264 g/mol. The summed E-state index contributed by atoms with van der Waals surface area (Å²) >= 11 is 0. The molecule has 0 radical (unpaired) electrons. The summed E-state index contributed by atoms with van der Waals surface area (Å²) in [5.41, 5.74) is 1.70. The van der Waals surface area contributed by atoms with Crippen molar-refractivity contribution in [1.82, 2.24) is 19.9 Å². The number of nitrogens with zero attached hydrogens (tertiary/aromatic N) is 4. The first kappa shape index (κ1) is 13.1. The van der Waals surface area contributed by atoms with Crippen LogP contribution in [0.2, 0.25) is 0 Å². The molecule has 3 aromatic rings. The van der Waals surface area contributed by atoms with Crippen LogP contribution in [-0.2, 0) is 0 Å². The average Bonchev–Trinajstić information content (AvgIpc) is 2.97. The van der Waals surface area contributed by atoms with E-state index in [4.69, 9.17) is 5.26 Å². The Kier molecular flexibility index (Phi) is 3.48. The van der Waals surface area contributed by atoms with E-state index >= 15 is 0 Å². The highest BCUT2D eigenvalue weighted by molar-refractivity contribution is 5.91. The summed E-state index contributed by atoms with van der Waals surface area (Å²) < 4.78 is 0. The number of hydrogen-bond donors (Lipinski definition) is 2. The van der Waals surface area contributed by atoms with Crippen molar-refractivity contribution in [2.45, 2.75) is 19.4 Å². The maximum atomic E-state index is 9.01. The Morgan fingerprint density at radius 2 is 2.24 bits per heavy atom. The molecule has 0 aliphatic heterocycles. The first-order chi connectivity index (χ1) is 10.3. The summed E-state index contributed by atoms with van der Waals surface area (Å²) in [4.78, 5) is 16.1. The van der Waals surface area contributed by atoms with Crippen LogP contribution in [0, 0.1) is 11.3 Å². The fourth-order valence-corrected chi connectivity index (χ4v) is 2.11. The largest absolute Gasteiger partial charge is 0.354 e. The topological polar surface area (TPSA) is 90.3 Å². The molecule has 0 saturated carbocycles. The van der Waals surface area contributed by atoms with Crippen LogP contribution in [0.1, 0.15) is 13.3 Å². The average molecular weight is 278 g/mol. The summed E-state index contributed by atoms with van der Waals surface area (Å²) in [5.74, 6) is 1.25. The van der Waals surface area contributed by atoms with Gasteiger partial charge >= 0.3 is 0 Å². The van der Waals surface area contributed by atoms with Gasteiger partial charge < -0.3 is 10.3 Å². The minimum Gasteiger partial charge on any atom is -0.354 e. The molecule has 0 aromatic carbocycles. The first-order valence-electron chi connectivity index (χ1n) is 6.73. The second-order valence-corrected chi connectivity index (χ2v) is 4.60. The van der Waals surface area contributed by atoms with E-state index in [-0.39, 0.29) is 6.04 Å². The number of aromatic amines is 1. The van der Waals surface area contributed by atoms with E-state index in [1.54, 1.807) is 18.5 Å². The minimum atomic E-state index is -0.252. The van der Waals surface area contributed by atoms with Crippen LogP contribution in [0.3, 0.4) is 0 Å². The Labute approximate surface area is 121 Å². The van der Waals surface area contributed by atoms with E-state index < -0.39 is 0 Å². The molecule has 0 spiro atoms. The lowest BCUT2D eigenvalue weighted by Gasteiger charge is -2.10. The normalized spacial score (nSPS) is 12.0. The third-order valence-corrected chi connectivity index (χ3v) is 3.23. The lowest BCUT2D eigenvalue weighted by Crippen LogP contribution is -2.16. The molecule has 0 bridgehead atoms. The molecule has 21 heavy (non-hydrogen) atoms. The Morgan fingerprint density at radius 3 is 3.05 bits per heavy atom. The van der Waals surface area contributed by atoms with E-state index in [9.17, 15) is 0 Å². The molecular formula is C15H14N6. The third-order valence-electron chi connectivity index (χ3n) is 3.23. The second-order valence-electron chi connectivity index (χ2n) is 4.60. The molecule has 6 heteroatoms. The number of aromatic nitrogens is 4. The van der Waals surface area contributed by atoms with Crippen molar-refractivity contribution in [2.75, 3.05) is 5.32 Å². The minimum absolute atomic E-state index is 0.252. The van der Waals surface area contributed by atoms with Crippen molar-refractivity contribution in [3.8, 4) is 17.5 Å². The standard InChI is InChI=1S/C15H14N6/c1-2-10(8-16)20-13-5-7-18-15(21-13)12-9-19-14-11(12)4-3-6-17-14/h3-7,9-10H,2H2,1H3,(H,17,19)(H,18,20,21). The van der Waals surface area contributed by atoms with Gasteiger partial charge in [0.05, 0.1) is 6.07 Å². The maximum Gasteiger partial charge on any atom is 0.163 e. The summed E-state index contributed by atoms with van der Waals surface area (Å²) in [6, 6.07) is 7.56. The molecule has 1 atom stereocenters. The molecule has 1 unspecified atom stereocenters. The molecule has 0 aliphatic rings. The van der Waals surface area contributed by atoms with Gasteiger partial charge in [0.2, 0.25) is 0 Å². The zero-order valence-corrected chi connectivity index (χ0v) is 11.5. The summed E-state index contributed by atoms with van der Waals surface area (Å²) in [5, 5.41) is 13.1. The lowest BCUT2D eigenvalue weighted by atomic mass is 10.2. The van der Waals surface area contributed by atoms with Crippen molar-refractivity contribution in [1.29, 1.82) is 5.26 Å². The highest BCUT2D eigenvalue weighted by Gasteiger charge is 2.11. The predicted molar refractivity (Wildman–Crippen MR) is 80.4 cm³/mol. The zero-order valence-electron chi connectivity index (χ0n) is 11.5. The van der Waals surface area contributed by atoms with Crippen LogP contribution >= 0.6 is 0 Å². The molecule has 3 rings (SSSR count). The van der Waals surface area contributed by atoms with E-state index in [2.05, 4.69) is 31.3 Å². The molecule has 3 aromatic heterocycles. The first-order valence-corrected chi connectivity index (χ1v) is 6.73. The Bertz CT molecular complexity index is 801. The lowest BCUT2D eigenvalue weighted by molar-refractivity contribution is 0.838. The fourth-order valence-electron chi connectivity index (χ4n) is 2.11. The van der Waals surface area contributed by atoms with Gasteiger partial charge in [0.1, 0.15) is 17.5 Å². The molecule has 6 nitrogen and oxygen atoms in total. The van der Waals surface area contributed by atoms with Gasteiger partial charge in [-0.1, -0.05) is 6.92 Å². The van der Waals surface area contributed by atoms with Gasteiger partial charge in [-0.05, 0) is 24.6 Å². The molecule has 2 N–H and O–H groups in total. The molecule has 0 fully saturated rings. The summed E-state index contributed by atoms with van der Waals surface area (Å²) in [7, 11) is 0. The second kappa shape index (κ2) is 5.59. The van der Waals surface area contributed by atoms with Gasteiger partial charge in [0, 0.05) is 29.5 Å². The van der Waals surface area contributed by atoms with Crippen LogP contribution in [-0.4, -0.2) is 26.0 Å². The number of H-pyrrole nitrogens is 1.